The number of benzene rings is 1. The summed E-state index contributed by atoms with van der Waals surface area (Å²) in [6.07, 6.45) is 4.41. The number of rotatable bonds is 2. The summed E-state index contributed by atoms with van der Waals surface area (Å²) < 4.78 is 0. The van der Waals surface area contributed by atoms with Crippen molar-refractivity contribution in [2.45, 2.75) is 37.8 Å². The first-order valence-corrected chi connectivity index (χ1v) is 6.37. The molecule has 0 atom stereocenters. The van der Waals surface area contributed by atoms with Crippen LogP contribution in [0.4, 0.5) is 5.69 Å². The fourth-order valence-corrected chi connectivity index (χ4v) is 2.66. The minimum atomic E-state index is 0.376. The van der Waals surface area contributed by atoms with E-state index in [0.717, 1.165) is 31.4 Å². The SMILES string of the molecule is NC1CCC(Nc2cc(Cl)cc(Cl)c2)CC1. The molecule has 1 aliphatic carbocycles. The predicted octanol–water partition coefficient (Wildman–Crippen LogP) is 3.68. The topological polar surface area (TPSA) is 38.0 Å². The zero-order valence-electron chi connectivity index (χ0n) is 9.05. The van der Waals surface area contributed by atoms with Crippen LogP contribution in [0.1, 0.15) is 25.7 Å². The van der Waals surface area contributed by atoms with Gasteiger partial charge in [0.05, 0.1) is 0 Å². The van der Waals surface area contributed by atoms with Crippen molar-refractivity contribution in [3.05, 3.63) is 28.2 Å². The lowest BCUT2D eigenvalue weighted by Gasteiger charge is -2.27. The van der Waals surface area contributed by atoms with Crippen molar-refractivity contribution in [3.63, 3.8) is 0 Å². The molecule has 0 aromatic heterocycles. The normalized spacial score (nSPS) is 25.4. The van der Waals surface area contributed by atoms with Gasteiger partial charge in [-0.25, -0.2) is 0 Å². The van der Waals surface area contributed by atoms with Crippen molar-refractivity contribution in [1.29, 1.82) is 0 Å². The lowest BCUT2D eigenvalue weighted by molar-refractivity contribution is 0.411. The molecular weight excluding hydrogens is 243 g/mol. The van der Waals surface area contributed by atoms with Gasteiger partial charge in [-0.05, 0) is 43.9 Å². The van der Waals surface area contributed by atoms with Crippen molar-refractivity contribution in [3.8, 4) is 0 Å². The minimum absolute atomic E-state index is 0.376. The van der Waals surface area contributed by atoms with Gasteiger partial charge in [0.2, 0.25) is 0 Å². The van der Waals surface area contributed by atoms with E-state index in [1.165, 1.54) is 0 Å². The monoisotopic (exact) mass is 258 g/mol. The Labute approximate surface area is 106 Å². The molecule has 2 rings (SSSR count). The Hall–Kier alpha value is -0.440. The van der Waals surface area contributed by atoms with E-state index in [4.69, 9.17) is 28.9 Å². The molecule has 3 N–H and O–H groups in total. The van der Waals surface area contributed by atoms with Gasteiger partial charge in [-0.3, -0.25) is 0 Å². The van der Waals surface area contributed by atoms with E-state index in [-0.39, 0.29) is 0 Å². The maximum Gasteiger partial charge on any atom is 0.0441 e. The molecule has 4 heteroatoms. The van der Waals surface area contributed by atoms with Crippen LogP contribution in [0.15, 0.2) is 18.2 Å². The second kappa shape index (κ2) is 5.26. The van der Waals surface area contributed by atoms with Crippen LogP contribution in [0.25, 0.3) is 0 Å². The highest BCUT2D eigenvalue weighted by molar-refractivity contribution is 6.35. The molecule has 16 heavy (non-hydrogen) atoms. The van der Waals surface area contributed by atoms with Crippen LogP contribution >= 0.6 is 23.2 Å². The molecule has 2 nitrogen and oxygen atoms in total. The van der Waals surface area contributed by atoms with Crippen molar-refractivity contribution in [2.75, 3.05) is 5.32 Å². The lowest BCUT2D eigenvalue weighted by Crippen LogP contribution is -2.32. The van der Waals surface area contributed by atoms with Gasteiger partial charge in [-0.1, -0.05) is 23.2 Å². The first kappa shape index (κ1) is 12.0. The van der Waals surface area contributed by atoms with Crippen molar-refractivity contribution in [1.82, 2.24) is 0 Å². The highest BCUT2D eigenvalue weighted by atomic mass is 35.5. The third-order valence-electron chi connectivity index (χ3n) is 3.01. The molecule has 1 saturated carbocycles. The van der Waals surface area contributed by atoms with Crippen molar-refractivity contribution < 1.29 is 0 Å². The maximum atomic E-state index is 5.95. The molecule has 0 aliphatic heterocycles. The Kier molecular flexibility index (Phi) is 3.95. The van der Waals surface area contributed by atoms with E-state index in [9.17, 15) is 0 Å². The Morgan fingerprint density at radius 2 is 1.56 bits per heavy atom. The van der Waals surface area contributed by atoms with Crippen molar-refractivity contribution >= 4 is 28.9 Å². The van der Waals surface area contributed by atoms with Crippen LogP contribution in [0.3, 0.4) is 0 Å². The molecule has 0 heterocycles. The molecule has 0 radical (unpaired) electrons. The summed E-state index contributed by atoms with van der Waals surface area (Å²) in [7, 11) is 0. The van der Waals surface area contributed by atoms with E-state index >= 15 is 0 Å². The second-order valence-electron chi connectivity index (χ2n) is 4.41. The molecule has 88 valence electrons. The first-order chi connectivity index (χ1) is 7.63. The maximum absolute atomic E-state index is 5.95. The van der Waals surface area contributed by atoms with Crippen LogP contribution < -0.4 is 11.1 Å². The molecule has 1 fully saturated rings. The highest BCUT2D eigenvalue weighted by Crippen LogP contribution is 2.26. The van der Waals surface area contributed by atoms with Gasteiger partial charge in [0.25, 0.3) is 0 Å². The average molecular weight is 259 g/mol. The summed E-state index contributed by atoms with van der Waals surface area (Å²) in [6, 6.07) is 6.42. The molecule has 0 unspecified atom stereocenters. The number of hydrogen-bond donors (Lipinski definition) is 2. The van der Waals surface area contributed by atoms with Gasteiger partial charge in [-0.15, -0.1) is 0 Å². The number of halogens is 2. The van der Waals surface area contributed by atoms with Crippen LogP contribution in [0, 0.1) is 0 Å². The van der Waals surface area contributed by atoms with E-state index in [2.05, 4.69) is 5.32 Å². The fourth-order valence-electron chi connectivity index (χ4n) is 2.14. The number of nitrogens with two attached hydrogens (primary N) is 1. The van der Waals surface area contributed by atoms with E-state index in [1.54, 1.807) is 6.07 Å². The van der Waals surface area contributed by atoms with Crippen molar-refractivity contribution in [2.24, 2.45) is 5.73 Å². The van der Waals surface area contributed by atoms with E-state index in [1.807, 2.05) is 12.1 Å². The smallest absolute Gasteiger partial charge is 0.0441 e. The van der Waals surface area contributed by atoms with Gasteiger partial charge >= 0.3 is 0 Å². The Morgan fingerprint density at radius 1 is 1.00 bits per heavy atom. The summed E-state index contributed by atoms with van der Waals surface area (Å²) in [5.74, 6) is 0. The standard InChI is InChI=1S/C12H16Cl2N2/c13-8-5-9(14)7-12(6-8)16-11-3-1-10(15)2-4-11/h5-7,10-11,16H,1-4,15H2. The third-order valence-corrected chi connectivity index (χ3v) is 3.44. The molecule has 0 saturated heterocycles. The van der Waals surface area contributed by atoms with Gasteiger partial charge in [-0.2, -0.15) is 0 Å². The fraction of sp³-hybridized carbons (Fsp3) is 0.500. The molecule has 0 bridgehead atoms. The molecule has 1 aromatic carbocycles. The summed E-state index contributed by atoms with van der Waals surface area (Å²) in [5, 5.41) is 4.80. The zero-order valence-corrected chi connectivity index (χ0v) is 10.6. The van der Waals surface area contributed by atoms with Crippen LogP contribution in [0.2, 0.25) is 10.0 Å². The molecule has 1 aliphatic rings. The Bertz CT molecular complexity index is 340. The van der Waals surface area contributed by atoms with Crippen LogP contribution in [-0.4, -0.2) is 12.1 Å². The van der Waals surface area contributed by atoms with E-state index < -0.39 is 0 Å². The average Bonchev–Trinajstić information content (AvgIpc) is 2.20. The summed E-state index contributed by atoms with van der Waals surface area (Å²) in [6.45, 7) is 0. The summed E-state index contributed by atoms with van der Waals surface area (Å²) >= 11 is 11.9. The summed E-state index contributed by atoms with van der Waals surface area (Å²) in [5.41, 5.74) is 6.87. The second-order valence-corrected chi connectivity index (χ2v) is 5.29. The molecule has 1 aromatic rings. The molecule has 0 spiro atoms. The quantitative estimate of drug-likeness (QED) is 0.850. The minimum Gasteiger partial charge on any atom is -0.382 e. The number of anilines is 1. The lowest BCUT2D eigenvalue weighted by atomic mass is 9.92. The van der Waals surface area contributed by atoms with Gasteiger partial charge in [0.1, 0.15) is 0 Å². The number of nitrogens with one attached hydrogen (secondary N) is 1. The molecular formula is C12H16Cl2N2. The summed E-state index contributed by atoms with van der Waals surface area (Å²) in [4.78, 5) is 0. The third kappa shape index (κ3) is 3.27. The van der Waals surface area contributed by atoms with E-state index in [0.29, 0.717) is 22.1 Å². The first-order valence-electron chi connectivity index (χ1n) is 5.62. The largest absolute Gasteiger partial charge is 0.382 e. The zero-order chi connectivity index (χ0) is 11.5. The predicted molar refractivity (Wildman–Crippen MR) is 70.3 cm³/mol. The number of hydrogen-bond acceptors (Lipinski definition) is 2. The van der Waals surface area contributed by atoms with Gasteiger partial charge in [0.15, 0.2) is 0 Å². The van der Waals surface area contributed by atoms with Gasteiger partial charge in [0, 0.05) is 27.8 Å². The Morgan fingerprint density at radius 3 is 2.12 bits per heavy atom. The van der Waals surface area contributed by atoms with Crippen LogP contribution in [-0.2, 0) is 0 Å². The van der Waals surface area contributed by atoms with Crippen LogP contribution in [0.5, 0.6) is 0 Å². The Balaban J connectivity index is 1.98. The molecule has 0 amide bonds. The van der Waals surface area contributed by atoms with Gasteiger partial charge < -0.3 is 11.1 Å². The highest BCUT2D eigenvalue weighted by Gasteiger charge is 2.18.